The zero-order chi connectivity index (χ0) is 13.4. The maximum atomic E-state index is 6.31. The highest BCUT2D eigenvalue weighted by Gasteiger charge is 2.16. The van der Waals surface area contributed by atoms with Crippen molar-refractivity contribution in [2.24, 2.45) is 0 Å². The summed E-state index contributed by atoms with van der Waals surface area (Å²) in [5.74, 6) is 0.841. The van der Waals surface area contributed by atoms with Crippen molar-refractivity contribution in [2.75, 3.05) is 0 Å². The number of alkyl halides is 1. The van der Waals surface area contributed by atoms with Crippen LogP contribution in [-0.4, -0.2) is 9.97 Å². The highest BCUT2D eigenvalue weighted by atomic mass is 35.5. The van der Waals surface area contributed by atoms with Gasteiger partial charge in [0.15, 0.2) is 0 Å². The van der Waals surface area contributed by atoms with Gasteiger partial charge in [-0.05, 0) is 12.5 Å². The molecule has 0 amide bonds. The Morgan fingerprint density at radius 2 is 1.89 bits per heavy atom. The molecule has 0 aliphatic heterocycles. The number of benzene rings is 1. The summed E-state index contributed by atoms with van der Waals surface area (Å²) >= 11 is 13.7. The first-order chi connectivity index (χ1) is 9.20. The minimum atomic E-state index is 0.271. The lowest BCUT2D eigenvalue weighted by Crippen LogP contribution is -1.91. The summed E-state index contributed by atoms with van der Waals surface area (Å²) in [6.45, 7) is 2.07. The van der Waals surface area contributed by atoms with E-state index in [-0.39, 0.29) is 5.88 Å². The number of rotatable bonds is 2. The monoisotopic (exact) mass is 308 g/mol. The van der Waals surface area contributed by atoms with Crippen molar-refractivity contribution in [3.8, 4) is 11.1 Å². The molecule has 0 spiro atoms. The number of thiophene rings is 1. The number of aryl methyl sites for hydroxylation is 1. The van der Waals surface area contributed by atoms with Crippen molar-refractivity contribution in [3.05, 3.63) is 46.2 Å². The quantitative estimate of drug-likeness (QED) is 0.488. The van der Waals surface area contributed by atoms with Crippen LogP contribution in [0.4, 0.5) is 0 Å². The van der Waals surface area contributed by atoms with E-state index >= 15 is 0 Å². The van der Waals surface area contributed by atoms with E-state index in [1.165, 1.54) is 4.88 Å². The van der Waals surface area contributed by atoms with Crippen LogP contribution in [0.25, 0.3) is 21.3 Å². The van der Waals surface area contributed by atoms with Crippen molar-refractivity contribution >= 4 is 44.8 Å². The second-order valence-corrected chi connectivity index (χ2v) is 5.97. The highest BCUT2D eigenvalue weighted by Crippen LogP contribution is 2.40. The zero-order valence-corrected chi connectivity index (χ0v) is 12.5. The Bertz CT molecular complexity index is 738. The van der Waals surface area contributed by atoms with Gasteiger partial charge in [0.25, 0.3) is 0 Å². The van der Waals surface area contributed by atoms with E-state index in [4.69, 9.17) is 23.2 Å². The molecule has 2 heterocycles. The smallest absolute Gasteiger partial charge is 0.146 e. The molecule has 0 aliphatic carbocycles. The maximum absolute atomic E-state index is 6.31. The third-order valence-corrected chi connectivity index (χ3v) is 4.42. The molecule has 2 nitrogen and oxygen atoms in total. The first kappa shape index (κ1) is 12.9. The highest BCUT2D eigenvalue weighted by molar-refractivity contribution is 7.19. The SMILES string of the molecule is Cc1sc2nc(CCl)nc(Cl)c2c1-c1ccccc1. The molecule has 19 heavy (non-hydrogen) atoms. The Labute approximate surface area is 125 Å². The van der Waals surface area contributed by atoms with Gasteiger partial charge in [0.2, 0.25) is 0 Å². The van der Waals surface area contributed by atoms with Crippen molar-refractivity contribution in [3.63, 3.8) is 0 Å². The molecule has 0 saturated heterocycles. The number of aromatic nitrogens is 2. The average molecular weight is 309 g/mol. The molecular formula is C14H10Cl2N2S. The average Bonchev–Trinajstić information content (AvgIpc) is 2.76. The predicted molar refractivity (Wildman–Crippen MR) is 82.2 cm³/mol. The van der Waals surface area contributed by atoms with E-state index in [2.05, 4.69) is 29.0 Å². The minimum absolute atomic E-state index is 0.271. The standard InChI is InChI=1S/C14H10Cl2N2S/c1-8-11(9-5-3-2-4-6-9)12-13(16)17-10(7-15)18-14(12)19-8/h2-6H,7H2,1H3. The number of halogens is 2. The van der Waals surface area contributed by atoms with Gasteiger partial charge in [0.05, 0.1) is 11.3 Å². The topological polar surface area (TPSA) is 25.8 Å². The van der Waals surface area contributed by atoms with Crippen molar-refractivity contribution in [1.82, 2.24) is 9.97 Å². The third kappa shape index (κ3) is 2.22. The van der Waals surface area contributed by atoms with Gasteiger partial charge in [0.1, 0.15) is 15.8 Å². The van der Waals surface area contributed by atoms with Crippen molar-refractivity contribution in [2.45, 2.75) is 12.8 Å². The molecule has 0 aliphatic rings. The zero-order valence-electron chi connectivity index (χ0n) is 10.2. The number of fused-ring (bicyclic) bond motifs is 1. The molecule has 5 heteroatoms. The van der Waals surface area contributed by atoms with Gasteiger partial charge >= 0.3 is 0 Å². The summed E-state index contributed by atoms with van der Waals surface area (Å²) in [7, 11) is 0. The molecule has 96 valence electrons. The van der Waals surface area contributed by atoms with E-state index < -0.39 is 0 Å². The van der Waals surface area contributed by atoms with Crippen LogP contribution in [0.3, 0.4) is 0 Å². The Morgan fingerprint density at radius 3 is 2.58 bits per heavy atom. The number of nitrogens with zero attached hydrogens (tertiary/aromatic N) is 2. The Balaban J connectivity index is 2.34. The second-order valence-electron chi connectivity index (χ2n) is 4.14. The fourth-order valence-corrected chi connectivity index (χ4v) is 3.64. The van der Waals surface area contributed by atoms with E-state index in [0.717, 1.165) is 21.3 Å². The van der Waals surface area contributed by atoms with Crippen LogP contribution < -0.4 is 0 Å². The third-order valence-electron chi connectivity index (χ3n) is 2.91. The summed E-state index contributed by atoms with van der Waals surface area (Å²) < 4.78 is 0. The predicted octanol–water partition coefficient (Wildman–Crippen LogP) is 5.06. The van der Waals surface area contributed by atoms with Crippen LogP contribution in [-0.2, 0) is 5.88 Å². The molecule has 0 radical (unpaired) electrons. The molecule has 0 atom stereocenters. The normalized spacial score (nSPS) is 11.1. The van der Waals surface area contributed by atoms with Crippen LogP contribution in [0.15, 0.2) is 30.3 Å². The fourth-order valence-electron chi connectivity index (χ4n) is 2.12. The van der Waals surface area contributed by atoms with E-state index in [9.17, 15) is 0 Å². The van der Waals surface area contributed by atoms with Crippen LogP contribution in [0.5, 0.6) is 0 Å². The molecule has 3 aromatic rings. The van der Waals surface area contributed by atoms with Gasteiger partial charge in [-0.15, -0.1) is 22.9 Å². The summed E-state index contributed by atoms with van der Waals surface area (Å²) in [6, 6.07) is 10.2. The molecule has 0 bridgehead atoms. The summed E-state index contributed by atoms with van der Waals surface area (Å²) in [5.41, 5.74) is 2.25. The van der Waals surface area contributed by atoms with Crippen LogP contribution >= 0.6 is 34.5 Å². The van der Waals surface area contributed by atoms with Crippen LogP contribution in [0.1, 0.15) is 10.7 Å². The van der Waals surface area contributed by atoms with E-state index in [1.807, 2.05) is 18.2 Å². The summed E-state index contributed by atoms with van der Waals surface area (Å²) in [5, 5.41) is 1.40. The summed E-state index contributed by atoms with van der Waals surface area (Å²) in [4.78, 5) is 10.8. The van der Waals surface area contributed by atoms with Crippen molar-refractivity contribution < 1.29 is 0 Å². The first-order valence-corrected chi connectivity index (χ1v) is 7.50. The van der Waals surface area contributed by atoms with E-state index in [0.29, 0.717) is 11.0 Å². The van der Waals surface area contributed by atoms with Gasteiger partial charge in [-0.3, -0.25) is 0 Å². The first-order valence-electron chi connectivity index (χ1n) is 5.77. The van der Waals surface area contributed by atoms with Gasteiger partial charge in [0, 0.05) is 10.4 Å². The maximum Gasteiger partial charge on any atom is 0.146 e. The van der Waals surface area contributed by atoms with E-state index in [1.54, 1.807) is 11.3 Å². The Hall–Kier alpha value is -1.16. The molecule has 2 aromatic heterocycles. The molecule has 0 N–H and O–H groups in total. The van der Waals surface area contributed by atoms with Gasteiger partial charge < -0.3 is 0 Å². The fraction of sp³-hybridized carbons (Fsp3) is 0.143. The number of hydrogen-bond donors (Lipinski definition) is 0. The van der Waals surface area contributed by atoms with Gasteiger partial charge in [-0.25, -0.2) is 9.97 Å². The van der Waals surface area contributed by atoms with Gasteiger partial charge in [-0.2, -0.15) is 0 Å². The Kier molecular flexibility index (Phi) is 3.44. The molecule has 3 rings (SSSR count). The van der Waals surface area contributed by atoms with Crippen molar-refractivity contribution in [1.29, 1.82) is 0 Å². The molecule has 0 saturated carbocycles. The lowest BCUT2D eigenvalue weighted by molar-refractivity contribution is 1.07. The second kappa shape index (κ2) is 5.08. The van der Waals surface area contributed by atoms with Crippen LogP contribution in [0, 0.1) is 6.92 Å². The number of hydrogen-bond acceptors (Lipinski definition) is 3. The van der Waals surface area contributed by atoms with Crippen LogP contribution in [0.2, 0.25) is 5.15 Å². The molecule has 0 unspecified atom stereocenters. The Morgan fingerprint density at radius 1 is 1.16 bits per heavy atom. The molecule has 0 fully saturated rings. The largest absolute Gasteiger partial charge is 0.221 e. The van der Waals surface area contributed by atoms with Gasteiger partial charge in [-0.1, -0.05) is 41.9 Å². The lowest BCUT2D eigenvalue weighted by atomic mass is 10.0. The molecule has 1 aromatic carbocycles. The minimum Gasteiger partial charge on any atom is -0.221 e. The lowest BCUT2D eigenvalue weighted by Gasteiger charge is -2.03. The summed E-state index contributed by atoms with van der Waals surface area (Å²) in [6.07, 6.45) is 0. The molecular weight excluding hydrogens is 299 g/mol.